The molecule has 0 amide bonds. The molecule has 1 spiro atoms. The molecule has 0 aromatic rings. The van der Waals surface area contributed by atoms with Crippen molar-refractivity contribution in [1.82, 2.24) is 0 Å². The molecular weight excluding hydrogens is 316 g/mol. The van der Waals surface area contributed by atoms with E-state index in [1.807, 2.05) is 0 Å². The SMILES string of the molecule is C=C1C(=O)C23CC[C@H]1CC2[C@@]12CCC[C@@](C)(CO[C@H]1CO)C2CC3=O. The number of aliphatic hydroxyl groups is 1. The van der Waals surface area contributed by atoms with Crippen LogP contribution in [0.4, 0.5) is 0 Å². The molecule has 5 aliphatic carbocycles. The van der Waals surface area contributed by atoms with Gasteiger partial charge >= 0.3 is 0 Å². The van der Waals surface area contributed by atoms with Gasteiger partial charge in [-0.15, -0.1) is 0 Å². The summed E-state index contributed by atoms with van der Waals surface area (Å²) in [6.07, 6.45) is 5.88. The van der Waals surface area contributed by atoms with Crippen molar-refractivity contribution in [2.75, 3.05) is 13.2 Å². The van der Waals surface area contributed by atoms with Gasteiger partial charge in [-0.25, -0.2) is 0 Å². The van der Waals surface area contributed by atoms with E-state index in [1.165, 1.54) is 0 Å². The van der Waals surface area contributed by atoms with Crippen LogP contribution in [0.15, 0.2) is 12.2 Å². The lowest BCUT2D eigenvalue weighted by atomic mass is 9.34. The summed E-state index contributed by atoms with van der Waals surface area (Å²) < 4.78 is 6.21. The number of aliphatic hydroxyl groups excluding tert-OH is 1. The van der Waals surface area contributed by atoms with Crippen molar-refractivity contribution in [3.05, 3.63) is 12.2 Å². The molecule has 3 unspecified atom stereocenters. The van der Waals surface area contributed by atoms with E-state index in [4.69, 9.17) is 4.74 Å². The number of hydrogen-bond acceptors (Lipinski definition) is 4. The first-order valence-corrected chi connectivity index (χ1v) is 9.89. The minimum atomic E-state index is -0.866. The summed E-state index contributed by atoms with van der Waals surface area (Å²) >= 11 is 0. The van der Waals surface area contributed by atoms with Crippen LogP contribution in [0.1, 0.15) is 51.9 Å². The first kappa shape index (κ1) is 16.2. The van der Waals surface area contributed by atoms with Gasteiger partial charge in [0.2, 0.25) is 0 Å². The lowest BCUT2D eigenvalue weighted by Crippen LogP contribution is -2.73. The fourth-order valence-electron chi connectivity index (χ4n) is 7.85. The zero-order chi connectivity index (χ0) is 17.6. The molecule has 136 valence electrons. The van der Waals surface area contributed by atoms with E-state index in [1.54, 1.807) is 0 Å². The molecule has 4 nitrogen and oxygen atoms in total. The average Bonchev–Trinajstić information content (AvgIpc) is 2.60. The van der Waals surface area contributed by atoms with Crippen molar-refractivity contribution in [1.29, 1.82) is 0 Å². The predicted octanol–water partition coefficient (Wildman–Crippen LogP) is 2.68. The Balaban J connectivity index is 1.72. The first-order valence-electron chi connectivity index (χ1n) is 9.89. The highest BCUT2D eigenvalue weighted by Gasteiger charge is 2.74. The van der Waals surface area contributed by atoms with Crippen LogP contribution in [0.5, 0.6) is 0 Å². The number of ketones is 2. The Morgan fingerprint density at radius 2 is 2.04 bits per heavy atom. The third-order valence-corrected chi connectivity index (χ3v) is 8.95. The van der Waals surface area contributed by atoms with E-state index in [0.717, 1.165) is 32.1 Å². The molecule has 5 saturated carbocycles. The summed E-state index contributed by atoms with van der Waals surface area (Å²) in [5.74, 6) is 0.666. The summed E-state index contributed by atoms with van der Waals surface area (Å²) in [5.41, 5.74) is -0.406. The van der Waals surface area contributed by atoms with Crippen LogP contribution in [0.25, 0.3) is 0 Å². The van der Waals surface area contributed by atoms with Crippen molar-refractivity contribution >= 4 is 11.6 Å². The number of Topliss-reactive ketones (excluding diaryl/α,β-unsaturated/α-hetero) is 2. The zero-order valence-electron chi connectivity index (χ0n) is 15.1. The molecule has 6 rings (SSSR count). The molecule has 1 saturated heterocycles. The molecule has 0 aromatic carbocycles. The van der Waals surface area contributed by atoms with Crippen LogP contribution >= 0.6 is 0 Å². The number of fused-ring (bicyclic) bond motifs is 2. The molecule has 1 N–H and O–H groups in total. The normalized spacial score (nSPS) is 54.2. The zero-order valence-corrected chi connectivity index (χ0v) is 15.1. The van der Waals surface area contributed by atoms with Crippen molar-refractivity contribution in [3.63, 3.8) is 0 Å². The van der Waals surface area contributed by atoms with Gasteiger partial charge in [-0.3, -0.25) is 9.59 Å². The predicted molar refractivity (Wildman–Crippen MR) is 91.7 cm³/mol. The van der Waals surface area contributed by atoms with Gasteiger partial charge in [-0.05, 0) is 60.8 Å². The van der Waals surface area contributed by atoms with Gasteiger partial charge in [-0.1, -0.05) is 19.9 Å². The molecule has 0 radical (unpaired) electrons. The Morgan fingerprint density at radius 3 is 2.80 bits per heavy atom. The van der Waals surface area contributed by atoms with Crippen LogP contribution in [0, 0.1) is 34.0 Å². The Hall–Kier alpha value is -1.00. The highest BCUT2D eigenvalue weighted by molar-refractivity contribution is 6.16. The lowest BCUT2D eigenvalue weighted by molar-refractivity contribution is -0.273. The molecule has 4 bridgehead atoms. The largest absolute Gasteiger partial charge is 0.394 e. The maximum Gasteiger partial charge on any atom is 0.172 e. The number of carbonyl (C=O) groups excluding carboxylic acids is 2. The molecule has 1 heterocycles. The van der Waals surface area contributed by atoms with E-state index in [0.29, 0.717) is 25.0 Å². The summed E-state index contributed by atoms with van der Waals surface area (Å²) in [4.78, 5) is 26.7. The third kappa shape index (κ3) is 1.63. The second kappa shape index (κ2) is 4.83. The Morgan fingerprint density at radius 1 is 1.24 bits per heavy atom. The van der Waals surface area contributed by atoms with Crippen molar-refractivity contribution in [2.45, 2.75) is 58.0 Å². The smallest absolute Gasteiger partial charge is 0.172 e. The minimum Gasteiger partial charge on any atom is -0.394 e. The van der Waals surface area contributed by atoms with Crippen molar-refractivity contribution in [3.8, 4) is 0 Å². The van der Waals surface area contributed by atoms with E-state index >= 15 is 0 Å². The fourth-order valence-corrected chi connectivity index (χ4v) is 7.85. The molecule has 0 aromatic heterocycles. The Kier molecular flexibility index (Phi) is 3.13. The lowest BCUT2D eigenvalue weighted by Gasteiger charge is -2.70. The highest BCUT2D eigenvalue weighted by Crippen LogP contribution is 2.72. The van der Waals surface area contributed by atoms with E-state index in [-0.39, 0.29) is 52.9 Å². The number of carbonyl (C=O) groups is 2. The first-order chi connectivity index (χ1) is 11.9. The molecule has 25 heavy (non-hydrogen) atoms. The second-order valence-electron chi connectivity index (χ2n) is 9.63. The van der Waals surface area contributed by atoms with Gasteiger partial charge in [0.15, 0.2) is 5.78 Å². The monoisotopic (exact) mass is 344 g/mol. The number of rotatable bonds is 1. The van der Waals surface area contributed by atoms with Gasteiger partial charge < -0.3 is 9.84 Å². The van der Waals surface area contributed by atoms with Gasteiger partial charge in [0, 0.05) is 11.8 Å². The summed E-state index contributed by atoms with van der Waals surface area (Å²) in [7, 11) is 0. The third-order valence-electron chi connectivity index (χ3n) is 8.95. The van der Waals surface area contributed by atoms with Crippen LogP contribution < -0.4 is 0 Å². The summed E-state index contributed by atoms with van der Waals surface area (Å²) in [6.45, 7) is 6.93. The second-order valence-corrected chi connectivity index (χ2v) is 9.63. The summed E-state index contributed by atoms with van der Waals surface area (Å²) in [5, 5.41) is 10.2. The van der Waals surface area contributed by atoms with E-state index in [2.05, 4.69) is 13.5 Å². The van der Waals surface area contributed by atoms with E-state index < -0.39 is 5.41 Å². The Labute approximate surface area is 149 Å². The maximum atomic E-state index is 13.4. The number of allylic oxidation sites excluding steroid dienone is 1. The quantitative estimate of drug-likeness (QED) is 0.587. The highest BCUT2D eigenvalue weighted by atomic mass is 16.5. The van der Waals surface area contributed by atoms with Crippen LogP contribution in [0.3, 0.4) is 0 Å². The minimum absolute atomic E-state index is 0.00205. The van der Waals surface area contributed by atoms with Crippen LogP contribution in [0.2, 0.25) is 0 Å². The fraction of sp³-hybridized carbons (Fsp3) is 0.810. The van der Waals surface area contributed by atoms with Crippen LogP contribution in [-0.2, 0) is 14.3 Å². The van der Waals surface area contributed by atoms with Gasteiger partial charge in [0.05, 0.1) is 24.7 Å². The molecule has 1 aliphatic heterocycles. The van der Waals surface area contributed by atoms with Crippen LogP contribution in [-0.4, -0.2) is 36.0 Å². The Bertz CT molecular complexity index is 683. The molecule has 6 aliphatic rings. The van der Waals surface area contributed by atoms with Gasteiger partial charge in [0.1, 0.15) is 5.78 Å². The number of ether oxygens (including phenoxy) is 1. The average molecular weight is 344 g/mol. The van der Waals surface area contributed by atoms with Gasteiger partial charge in [-0.2, -0.15) is 0 Å². The topological polar surface area (TPSA) is 63.6 Å². The molecule has 6 fully saturated rings. The van der Waals surface area contributed by atoms with Crippen molar-refractivity contribution in [2.24, 2.45) is 34.0 Å². The van der Waals surface area contributed by atoms with E-state index in [9.17, 15) is 14.7 Å². The molecular formula is C21H28O4. The number of hydrogen-bond donors (Lipinski definition) is 1. The van der Waals surface area contributed by atoms with Crippen molar-refractivity contribution < 1.29 is 19.4 Å². The molecule has 7 atom stereocenters. The summed E-state index contributed by atoms with van der Waals surface area (Å²) in [6, 6.07) is 0. The van der Waals surface area contributed by atoms with Gasteiger partial charge in [0.25, 0.3) is 0 Å². The standard InChI is InChI=1S/C21H28O4/c1-12-13-4-7-21(18(12)24)15(8-13)20-6-3-5-19(2,11-25-17(20)10-22)14(20)9-16(21)23/h13-15,17,22H,1,3-11H2,2H3/t13-,14?,15?,17-,19-,20-,21?/m0/s1. The maximum absolute atomic E-state index is 13.4. The molecule has 4 heteroatoms.